The Kier molecular flexibility index (Phi) is 7.99. The lowest BCUT2D eigenvalue weighted by atomic mass is 9.67. The summed E-state index contributed by atoms with van der Waals surface area (Å²) < 4.78 is 5.58. The number of ether oxygens (including phenoxy) is 1. The summed E-state index contributed by atoms with van der Waals surface area (Å²) in [5.41, 5.74) is 16.1. The fourth-order valence-electron chi connectivity index (χ4n) is 7.19. The van der Waals surface area contributed by atoms with Gasteiger partial charge in [-0.25, -0.2) is 0 Å². The van der Waals surface area contributed by atoms with Crippen molar-refractivity contribution in [2.45, 2.75) is 65.4 Å². The van der Waals surface area contributed by atoms with Gasteiger partial charge in [0.2, 0.25) is 0 Å². The molecule has 0 heterocycles. The first-order chi connectivity index (χ1) is 20.9. The van der Waals surface area contributed by atoms with E-state index in [2.05, 4.69) is 125 Å². The minimum absolute atomic E-state index is 0.0277. The van der Waals surface area contributed by atoms with Gasteiger partial charge in [-0.15, -0.1) is 0 Å². The highest BCUT2D eigenvalue weighted by Crippen LogP contribution is 2.57. The number of benzene rings is 5. The topological polar surface area (TPSA) is 29.5 Å². The first-order valence-electron chi connectivity index (χ1n) is 15.7. The Balaban J connectivity index is 1.69. The van der Waals surface area contributed by atoms with Crippen LogP contribution in [0.2, 0.25) is 0 Å². The summed E-state index contributed by atoms with van der Waals surface area (Å²) in [4.78, 5) is 0. The van der Waals surface area contributed by atoms with E-state index in [0.29, 0.717) is 0 Å². The van der Waals surface area contributed by atoms with Crippen molar-refractivity contribution in [1.82, 2.24) is 0 Å². The fourth-order valence-corrected chi connectivity index (χ4v) is 7.19. The van der Waals surface area contributed by atoms with Crippen LogP contribution in [0.4, 0.5) is 0 Å². The molecule has 6 rings (SSSR count). The van der Waals surface area contributed by atoms with E-state index in [1.54, 1.807) is 7.11 Å². The molecule has 2 heteroatoms. The van der Waals surface area contributed by atoms with Crippen molar-refractivity contribution in [2.24, 2.45) is 0 Å². The maximum Gasteiger partial charge on any atom is 0.118 e. The molecule has 0 saturated heterocycles. The van der Waals surface area contributed by atoms with Gasteiger partial charge in [-0.05, 0) is 112 Å². The second-order valence-corrected chi connectivity index (χ2v) is 12.1. The molecule has 5 aromatic carbocycles. The first kappa shape index (κ1) is 29.0. The number of rotatable bonds is 9. The summed E-state index contributed by atoms with van der Waals surface area (Å²) in [6.45, 7) is 9.01. The van der Waals surface area contributed by atoms with Crippen LogP contribution >= 0.6 is 0 Å². The summed E-state index contributed by atoms with van der Waals surface area (Å²) >= 11 is 0. The van der Waals surface area contributed by atoms with Crippen LogP contribution in [-0.2, 0) is 24.9 Å². The van der Waals surface area contributed by atoms with Crippen LogP contribution in [0.25, 0.3) is 22.3 Å². The van der Waals surface area contributed by atoms with Crippen LogP contribution in [0.15, 0.2) is 97.1 Å². The maximum absolute atomic E-state index is 9.88. The fraction of sp³-hybridized carbons (Fsp3) is 0.268. The molecule has 0 amide bonds. The van der Waals surface area contributed by atoms with Gasteiger partial charge in [-0.2, -0.15) is 0 Å². The Morgan fingerprint density at radius 3 is 1.86 bits per heavy atom. The third kappa shape index (κ3) is 4.88. The van der Waals surface area contributed by atoms with Gasteiger partial charge in [-0.3, -0.25) is 0 Å². The summed E-state index contributed by atoms with van der Waals surface area (Å²) in [7, 11) is 1.72. The summed E-state index contributed by atoms with van der Waals surface area (Å²) in [5.74, 6) is 0.846. The van der Waals surface area contributed by atoms with Gasteiger partial charge in [0.25, 0.3) is 0 Å². The van der Waals surface area contributed by atoms with E-state index in [1.165, 1.54) is 66.8 Å². The van der Waals surface area contributed by atoms with Crippen LogP contribution in [-0.4, -0.2) is 12.2 Å². The van der Waals surface area contributed by atoms with Gasteiger partial charge < -0.3 is 9.84 Å². The Labute approximate surface area is 257 Å². The predicted octanol–water partition coefficient (Wildman–Crippen LogP) is 9.74. The van der Waals surface area contributed by atoms with Gasteiger partial charge in [0, 0.05) is 0 Å². The lowest BCUT2D eigenvalue weighted by Crippen LogP contribution is -2.28. The van der Waals surface area contributed by atoms with Crippen molar-refractivity contribution in [2.75, 3.05) is 7.11 Å². The Morgan fingerprint density at radius 2 is 1.23 bits per heavy atom. The monoisotopic (exact) mass is 566 g/mol. The van der Waals surface area contributed by atoms with Crippen LogP contribution < -0.4 is 4.74 Å². The van der Waals surface area contributed by atoms with Crippen LogP contribution in [0.3, 0.4) is 0 Å². The molecule has 1 aliphatic rings. The van der Waals surface area contributed by atoms with Gasteiger partial charge >= 0.3 is 0 Å². The van der Waals surface area contributed by atoms with Crippen LogP contribution in [0, 0.1) is 13.8 Å². The highest BCUT2D eigenvalue weighted by atomic mass is 16.5. The number of fused-ring (bicyclic) bond motifs is 3. The third-order valence-corrected chi connectivity index (χ3v) is 9.30. The molecule has 0 saturated carbocycles. The standard InChI is InChI=1S/C41H42O2/c1-6-8-30-24-38(31(9-7-2)23-28(30)4)32-13-21-37-36-20-10-27(3)22-39(36)41(40(37)25-32,33-14-11-29(26-42)12-15-33)34-16-18-35(43-5)19-17-34/h10-25,42H,6-9,26H2,1-5H3. The number of aryl methyl sites for hydroxylation is 4. The zero-order valence-corrected chi connectivity index (χ0v) is 26.1. The van der Waals surface area contributed by atoms with Crippen molar-refractivity contribution in [1.29, 1.82) is 0 Å². The van der Waals surface area contributed by atoms with Crippen LogP contribution in [0.1, 0.15) is 76.8 Å². The zero-order valence-electron chi connectivity index (χ0n) is 26.1. The van der Waals surface area contributed by atoms with E-state index in [0.717, 1.165) is 37.0 Å². The molecular formula is C41H42O2. The van der Waals surface area contributed by atoms with Gasteiger partial charge in [0.1, 0.15) is 5.75 Å². The molecule has 1 unspecified atom stereocenters. The highest BCUT2D eigenvalue weighted by Gasteiger charge is 2.46. The van der Waals surface area contributed by atoms with E-state index >= 15 is 0 Å². The lowest BCUT2D eigenvalue weighted by molar-refractivity contribution is 0.282. The molecule has 0 bridgehead atoms. The first-order valence-corrected chi connectivity index (χ1v) is 15.7. The van der Waals surface area contributed by atoms with Gasteiger partial charge in [0.15, 0.2) is 0 Å². The number of methoxy groups -OCH3 is 1. The predicted molar refractivity (Wildman–Crippen MR) is 179 cm³/mol. The Bertz CT molecular complexity index is 1710. The molecule has 5 aromatic rings. The normalized spacial score (nSPS) is 15.3. The molecule has 0 fully saturated rings. The smallest absolute Gasteiger partial charge is 0.118 e. The van der Waals surface area contributed by atoms with Crippen molar-refractivity contribution in [3.05, 3.63) is 147 Å². The molecule has 0 aromatic heterocycles. The summed E-state index contributed by atoms with van der Waals surface area (Å²) in [5, 5.41) is 9.88. The van der Waals surface area contributed by atoms with E-state index in [-0.39, 0.29) is 6.61 Å². The minimum Gasteiger partial charge on any atom is -0.497 e. The number of hydrogen-bond acceptors (Lipinski definition) is 2. The summed E-state index contributed by atoms with van der Waals surface area (Å²) in [6.07, 6.45) is 4.40. The molecule has 1 atom stereocenters. The Hall–Kier alpha value is -4.14. The van der Waals surface area contributed by atoms with E-state index in [9.17, 15) is 5.11 Å². The number of aliphatic hydroxyl groups is 1. The average Bonchev–Trinajstić information content (AvgIpc) is 3.32. The van der Waals surface area contributed by atoms with Crippen molar-refractivity contribution < 1.29 is 9.84 Å². The lowest BCUT2D eigenvalue weighted by Gasteiger charge is -2.34. The number of hydrogen-bond donors (Lipinski definition) is 1. The molecule has 218 valence electrons. The van der Waals surface area contributed by atoms with E-state index in [4.69, 9.17) is 4.74 Å². The van der Waals surface area contributed by atoms with Gasteiger partial charge in [-0.1, -0.05) is 111 Å². The van der Waals surface area contributed by atoms with Gasteiger partial charge in [0.05, 0.1) is 19.1 Å². The highest BCUT2D eigenvalue weighted by molar-refractivity contribution is 5.89. The average molecular weight is 567 g/mol. The minimum atomic E-state index is -0.519. The Morgan fingerprint density at radius 1 is 0.628 bits per heavy atom. The van der Waals surface area contributed by atoms with Crippen molar-refractivity contribution in [3.8, 4) is 28.0 Å². The molecule has 43 heavy (non-hydrogen) atoms. The molecular weight excluding hydrogens is 524 g/mol. The van der Waals surface area contributed by atoms with E-state index < -0.39 is 5.41 Å². The van der Waals surface area contributed by atoms with Crippen molar-refractivity contribution in [3.63, 3.8) is 0 Å². The zero-order chi connectivity index (χ0) is 30.1. The molecule has 0 spiro atoms. The quantitative estimate of drug-likeness (QED) is 0.189. The molecule has 0 radical (unpaired) electrons. The molecule has 2 nitrogen and oxygen atoms in total. The van der Waals surface area contributed by atoms with E-state index in [1.807, 2.05) is 0 Å². The maximum atomic E-state index is 9.88. The largest absolute Gasteiger partial charge is 0.497 e. The summed E-state index contributed by atoms with van der Waals surface area (Å²) in [6, 6.07) is 36.1. The van der Waals surface area contributed by atoms with Crippen molar-refractivity contribution >= 4 is 0 Å². The third-order valence-electron chi connectivity index (χ3n) is 9.30. The molecule has 1 N–H and O–H groups in total. The molecule has 1 aliphatic carbocycles. The second kappa shape index (κ2) is 11.9. The van der Waals surface area contributed by atoms with Crippen LogP contribution in [0.5, 0.6) is 5.75 Å². The second-order valence-electron chi connectivity index (χ2n) is 12.1. The SMILES string of the molecule is CCCc1cc(-c2ccc3c(c2)C(c2ccc(CO)cc2)(c2ccc(OC)cc2)c2cc(C)ccc2-3)c(CCC)cc1C. The molecule has 0 aliphatic heterocycles. The number of aliphatic hydroxyl groups excluding tert-OH is 1.